The Morgan fingerprint density at radius 1 is 1.14 bits per heavy atom. The van der Waals surface area contributed by atoms with E-state index in [0.29, 0.717) is 5.69 Å². The highest BCUT2D eigenvalue weighted by atomic mass is 19.1. The van der Waals surface area contributed by atoms with Crippen LogP contribution in [-0.2, 0) is 12.8 Å². The van der Waals surface area contributed by atoms with Gasteiger partial charge in [0.2, 0.25) is 0 Å². The maximum absolute atomic E-state index is 13.8. The molecule has 3 nitrogen and oxygen atoms in total. The Balaban J connectivity index is 2.35. The number of halogens is 1. The molecule has 0 aliphatic heterocycles. The number of rotatable bonds is 4. The fourth-order valence-electron chi connectivity index (χ4n) is 2.30. The van der Waals surface area contributed by atoms with E-state index < -0.39 is 11.7 Å². The van der Waals surface area contributed by atoms with E-state index in [2.05, 4.69) is 5.32 Å². The summed E-state index contributed by atoms with van der Waals surface area (Å²) in [5.41, 5.74) is 8.66. The molecule has 4 heteroatoms. The largest absolute Gasteiger partial charge is 0.399 e. The number of nitrogens with one attached hydrogen (secondary N) is 1. The number of carbonyl (C=O) groups is 1. The number of para-hydroxylation sites is 1. The van der Waals surface area contributed by atoms with Gasteiger partial charge in [0, 0.05) is 11.4 Å². The first-order valence-corrected chi connectivity index (χ1v) is 7.04. The summed E-state index contributed by atoms with van der Waals surface area (Å²) in [5, 5.41) is 2.84. The predicted molar refractivity (Wildman–Crippen MR) is 84.0 cm³/mol. The first-order chi connectivity index (χ1) is 10.1. The van der Waals surface area contributed by atoms with Crippen LogP contribution in [0.5, 0.6) is 0 Å². The van der Waals surface area contributed by atoms with Gasteiger partial charge >= 0.3 is 0 Å². The molecule has 0 unspecified atom stereocenters. The summed E-state index contributed by atoms with van der Waals surface area (Å²) in [6, 6.07) is 9.98. The monoisotopic (exact) mass is 286 g/mol. The number of amides is 1. The summed E-state index contributed by atoms with van der Waals surface area (Å²) in [6.07, 6.45) is 1.60. The molecule has 0 saturated carbocycles. The lowest BCUT2D eigenvalue weighted by Crippen LogP contribution is -2.16. The lowest BCUT2D eigenvalue weighted by atomic mass is 10.0. The van der Waals surface area contributed by atoms with Crippen LogP contribution in [0.1, 0.15) is 35.3 Å². The quantitative estimate of drug-likeness (QED) is 0.840. The van der Waals surface area contributed by atoms with E-state index in [1.165, 1.54) is 12.1 Å². The third-order valence-electron chi connectivity index (χ3n) is 3.48. The van der Waals surface area contributed by atoms with Crippen LogP contribution in [0, 0.1) is 5.82 Å². The predicted octanol–water partition coefficient (Wildman–Crippen LogP) is 3.79. The van der Waals surface area contributed by atoms with Crippen LogP contribution >= 0.6 is 0 Å². The van der Waals surface area contributed by atoms with Crippen molar-refractivity contribution in [2.75, 3.05) is 11.1 Å². The van der Waals surface area contributed by atoms with Gasteiger partial charge in [-0.3, -0.25) is 4.79 Å². The molecule has 1 amide bonds. The molecule has 2 aromatic rings. The molecule has 110 valence electrons. The molecule has 3 N–H and O–H groups in total. The van der Waals surface area contributed by atoms with Gasteiger partial charge in [0.05, 0.1) is 5.56 Å². The fraction of sp³-hybridized carbons (Fsp3) is 0.235. The lowest BCUT2D eigenvalue weighted by Gasteiger charge is -2.14. The minimum atomic E-state index is -0.612. The van der Waals surface area contributed by atoms with Crippen molar-refractivity contribution in [2.45, 2.75) is 26.7 Å². The number of aryl methyl sites for hydroxylation is 2. The van der Waals surface area contributed by atoms with Crippen molar-refractivity contribution >= 4 is 17.3 Å². The van der Waals surface area contributed by atoms with Crippen LogP contribution in [0.4, 0.5) is 15.8 Å². The van der Waals surface area contributed by atoms with E-state index in [1.54, 1.807) is 0 Å². The second kappa shape index (κ2) is 6.39. The van der Waals surface area contributed by atoms with E-state index in [4.69, 9.17) is 5.73 Å². The molecule has 0 aliphatic rings. The first kappa shape index (κ1) is 15.0. The second-order valence-electron chi connectivity index (χ2n) is 4.85. The summed E-state index contributed by atoms with van der Waals surface area (Å²) in [4.78, 5) is 12.3. The molecule has 2 rings (SSSR count). The van der Waals surface area contributed by atoms with Crippen molar-refractivity contribution in [1.82, 2.24) is 0 Å². The molecule has 0 fully saturated rings. The van der Waals surface area contributed by atoms with Gasteiger partial charge in [0.15, 0.2) is 0 Å². The van der Waals surface area contributed by atoms with Crippen LogP contribution in [0.15, 0.2) is 36.4 Å². The minimum absolute atomic E-state index is 0.00263. The van der Waals surface area contributed by atoms with E-state index in [1.807, 2.05) is 32.0 Å². The zero-order valence-electron chi connectivity index (χ0n) is 12.2. The van der Waals surface area contributed by atoms with Gasteiger partial charge in [0.1, 0.15) is 5.82 Å². The van der Waals surface area contributed by atoms with Crippen molar-refractivity contribution in [3.63, 3.8) is 0 Å². The molecular formula is C17H19FN2O. The average molecular weight is 286 g/mol. The average Bonchev–Trinajstić information content (AvgIpc) is 2.47. The zero-order chi connectivity index (χ0) is 15.4. The van der Waals surface area contributed by atoms with Crippen LogP contribution < -0.4 is 11.1 Å². The highest BCUT2D eigenvalue weighted by Gasteiger charge is 2.15. The van der Waals surface area contributed by atoms with Crippen molar-refractivity contribution in [2.24, 2.45) is 0 Å². The number of nitrogen functional groups attached to an aromatic ring is 1. The zero-order valence-corrected chi connectivity index (χ0v) is 12.2. The maximum atomic E-state index is 13.8. The molecule has 0 bridgehead atoms. The SMILES string of the molecule is CCc1cccc(CC)c1NC(=O)c1ccc(N)cc1F. The van der Waals surface area contributed by atoms with Crippen LogP contribution in [0.3, 0.4) is 0 Å². The summed E-state index contributed by atoms with van der Waals surface area (Å²) < 4.78 is 13.8. The van der Waals surface area contributed by atoms with Gasteiger partial charge in [-0.1, -0.05) is 32.0 Å². The number of benzene rings is 2. The van der Waals surface area contributed by atoms with E-state index in [9.17, 15) is 9.18 Å². The van der Waals surface area contributed by atoms with Gasteiger partial charge in [0.25, 0.3) is 5.91 Å². The molecule has 0 saturated heterocycles. The lowest BCUT2D eigenvalue weighted by molar-refractivity contribution is 0.102. The van der Waals surface area contributed by atoms with E-state index in [0.717, 1.165) is 35.7 Å². The van der Waals surface area contributed by atoms with Crippen molar-refractivity contribution in [3.05, 3.63) is 58.9 Å². The van der Waals surface area contributed by atoms with Gasteiger partial charge in [-0.15, -0.1) is 0 Å². The fourth-order valence-corrected chi connectivity index (χ4v) is 2.30. The van der Waals surface area contributed by atoms with Gasteiger partial charge in [-0.2, -0.15) is 0 Å². The Kier molecular flexibility index (Phi) is 4.58. The Hall–Kier alpha value is -2.36. The summed E-state index contributed by atoms with van der Waals surface area (Å²) >= 11 is 0. The molecule has 21 heavy (non-hydrogen) atoms. The highest BCUT2D eigenvalue weighted by molar-refractivity contribution is 6.05. The van der Waals surface area contributed by atoms with Crippen molar-refractivity contribution in [3.8, 4) is 0 Å². The summed E-state index contributed by atoms with van der Waals surface area (Å²) in [7, 11) is 0. The Labute approximate surface area is 124 Å². The topological polar surface area (TPSA) is 55.1 Å². The Morgan fingerprint density at radius 3 is 2.29 bits per heavy atom. The number of anilines is 2. The number of hydrogen-bond donors (Lipinski definition) is 2. The standard InChI is InChI=1S/C17H19FN2O/c1-3-11-6-5-7-12(4-2)16(11)20-17(21)14-9-8-13(19)10-15(14)18/h5-10H,3-4,19H2,1-2H3,(H,20,21). The van der Waals surface area contributed by atoms with Crippen LogP contribution in [0.25, 0.3) is 0 Å². The van der Waals surface area contributed by atoms with E-state index in [-0.39, 0.29) is 5.56 Å². The molecule has 0 atom stereocenters. The third-order valence-corrected chi connectivity index (χ3v) is 3.48. The first-order valence-electron chi connectivity index (χ1n) is 7.04. The van der Waals surface area contributed by atoms with Crippen LogP contribution in [0.2, 0.25) is 0 Å². The number of hydrogen-bond acceptors (Lipinski definition) is 2. The number of nitrogens with two attached hydrogens (primary N) is 1. The second-order valence-corrected chi connectivity index (χ2v) is 4.85. The van der Waals surface area contributed by atoms with Gasteiger partial charge in [-0.25, -0.2) is 4.39 Å². The van der Waals surface area contributed by atoms with Gasteiger partial charge < -0.3 is 11.1 Å². The normalized spacial score (nSPS) is 10.4. The van der Waals surface area contributed by atoms with Crippen molar-refractivity contribution < 1.29 is 9.18 Å². The van der Waals surface area contributed by atoms with Gasteiger partial charge in [-0.05, 0) is 42.2 Å². The minimum Gasteiger partial charge on any atom is -0.399 e. The van der Waals surface area contributed by atoms with Crippen LogP contribution in [-0.4, -0.2) is 5.91 Å². The molecular weight excluding hydrogens is 267 g/mol. The third kappa shape index (κ3) is 3.21. The highest BCUT2D eigenvalue weighted by Crippen LogP contribution is 2.24. The van der Waals surface area contributed by atoms with Crippen molar-refractivity contribution in [1.29, 1.82) is 0 Å². The molecule has 0 aromatic heterocycles. The molecule has 0 heterocycles. The molecule has 2 aromatic carbocycles. The smallest absolute Gasteiger partial charge is 0.258 e. The summed E-state index contributed by atoms with van der Waals surface area (Å²) in [6.45, 7) is 4.04. The molecule has 0 radical (unpaired) electrons. The summed E-state index contributed by atoms with van der Waals surface area (Å²) in [5.74, 6) is -1.07. The molecule has 0 spiro atoms. The maximum Gasteiger partial charge on any atom is 0.258 e. The Bertz CT molecular complexity index is 646. The van der Waals surface area contributed by atoms with E-state index >= 15 is 0 Å². The number of carbonyl (C=O) groups excluding carboxylic acids is 1. The molecule has 0 aliphatic carbocycles. The Morgan fingerprint density at radius 2 is 1.76 bits per heavy atom.